The summed E-state index contributed by atoms with van der Waals surface area (Å²) in [5.74, 6) is 1.47. The van der Waals surface area contributed by atoms with Gasteiger partial charge in [0.1, 0.15) is 26.2 Å². The predicted octanol–water partition coefficient (Wildman–Crippen LogP) is -1.95. The zero-order valence-corrected chi connectivity index (χ0v) is 16.1. The van der Waals surface area contributed by atoms with Gasteiger partial charge in [-0.1, -0.05) is 6.92 Å². The van der Waals surface area contributed by atoms with Crippen LogP contribution in [0.1, 0.15) is 20.3 Å². The average molecular weight is 378 g/mol. The van der Waals surface area contributed by atoms with E-state index in [1.165, 1.54) is 9.80 Å². The van der Waals surface area contributed by atoms with Gasteiger partial charge >= 0.3 is 0 Å². The van der Waals surface area contributed by atoms with E-state index >= 15 is 0 Å². The number of ether oxygens (including phenoxy) is 2. The number of carbonyl (C=O) groups excluding carboxylic acids is 2. The Morgan fingerprint density at radius 3 is 2.63 bits per heavy atom. The molecule has 0 spiro atoms. The fourth-order valence-electron chi connectivity index (χ4n) is 3.50. The van der Waals surface area contributed by atoms with Gasteiger partial charge < -0.3 is 29.9 Å². The second-order valence-corrected chi connectivity index (χ2v) is 7.21. The largest absolute Gasteiger partial charge is 0.454 e. The van der Waals surface area contributed by atoms with Crippen LogP contribution in [0.3, 0.4) is 0 Å². The van der Waals surface area contributed by atoms with E-state index in [2.05, 4.69) is 10.6 Å². The van der Waals surface area contributed by atoms with Gasteiger partial charge in [0.2, 0.25) is 6.79 Å². The van der Waals surface area contributed by atoms with E-state index in [4.69, 9.17) is 9.47 Å². The molecule has 2 aliphatic rings. The minimum absolute atomic E-state index is 0.00648. The maximum atomic E-state index is 12.6. The molecular weight excluding hydrogens is 348 g/mol. The van der Waals surface area contributed by atoms with Gasteiger partial charge in [0.05, 0.1) is 0 Å². The van der Waals surface area contributed by atoms with Gasteiger partial charge in [0, 0.05) is 18.3 Å². The number of hydrogen-bond acceptors (Lipinski definition) is 4. The summed E-state index contributed by atoms with van der Waals surface area (Å²) in [7, 11) is 0. The fraction of sp³-hybridized carbons (Fsp3) is 0.579. The highest BCUT2D eigenvalue weighted by atomic mass is 16.7. The van der Waals surface area contributed by atoms with Crippen molar-refractivity contribution in [3.63, 3.8) is 0 Å². The van der Waals surface area contributed by atoms with E-state index < -0.39 is 0 Å². The monoisotopic (exact) mass is 378 g/mol. The Hall–Kier alpha value is -2.32. The van der Waals surface area contributed by atoms with Crippen molar-refractivity contribution in [2.75, 3.05) is 51.4 Å². The molecule has 2 amide bonds. The highest BCUT2D eigenvalue weighted by molar-refractivity contribution is 5.94. The second kappa shape index (κ2) is 9.05. The van der Waals surface area contributed by atoms with Gasteiger partial charge in [-0.25, -0.2) is 0 Å². The topological polar surface area (TPSA) is 85.5 Å². The molecule has 0 saturated carbocycles. The Morgan fingerprint density at radius 2 is 1.89 bits per heavy atom. The number of anilines is 1. The number of quaternary nitrogens is 2. The first kappa shape index (κ1) is 19.4. The van der Waals surface area contributed by atoms with Crippen LogP contribution in [0.15, 0.2) is 18.2 Å². The smallest absolute Gasteiger partial charge is 0.282 e. The maximum absolute atomic E-state index is 12.6. The number of piperazine rings is 1. The fourth-order valence-corrected chi connectivity index (χ4v) is 3.50. The molecule has 1 aromatic carbocycles. The lowest BCUT2D eigenvalue weighted by Gasteiger charge is -2.32. The third-order valence-corrected chi connectivity index (χ3v) is 5.23. The molecule has 2 heterocycles. The van der Waals surface area contributed by atoms with Crippen LogP contribution in [0.2, 0.25) is 0 Å². The molecule has 0 aromatic heterocycles. The Bertz CT molecular complexity index is 674. The van der Waals surface area contributed by atoms with Crippen LogP contribution in [0.4, 0.5) is 5.69 Å². The third kappa shape index (κ3) is 5.11. The summed E-state index contributed by atoms with van der Waals surface area (Å²) in [4.78, 5) is 27.0. The number of fused-ring (bicyclic) bond motifs is 1. The summed E-state index contributed by atoms with van der Waals surface area (Å²) in [5, 5.41) is 5.90. The molecule has 1 saturated heterocycles. The summed E-state index contributed by atoms with van der Waals surface area (Å²) >= 11 is 0. The first-order valence-electron chi connectivity index (χ1n) is 9.72. The van der Waals surface area contributed by atoms with E-state index in [0.717, 1.165) is 39.1 Å². The Labute approximate surface area is 159 Å². The number of benzene rings is 1. The molecule has 4 N–H and O–H groups in total. The maximum Gasteiger partial charge on any atom is 0.282 e. The Kier molecular flexibility index (Phi) is 6.52. The van der Waals surface area contributed by atoms with Crippen LogP contribution in [0, 0.1) is 0 Å². The van der Waals surface area contributed by atoms with Crippen molar-refractivity contribution < 1.29 is 28.9 Å². The number of nitrogens with one attached hydrogen (secondary N) is 4. The predicted molar refractivity (Wildman–Crippen MR) is 100 cm³/mol. The normalized spacial score (nSPS) is 22.1. The zero-order valence-electron chi connectivity index (χ0n) is 16.1. The molecule has 0 radical (unpaired) electrons. The van der Waals surface area contributed by atoms with E-state index in [1.807, 2.05) is 19.9 Å². The van der Waals surface area contributed by atoms with Crippen LogP contribution in [-0.2, 0) is 9.59 Å². The first-order chi connectivity index (χ1) is 13.1. The summed E-state index contributed by atoms with van der Waals surface area (Å²) in [5.41, 5.74) is 0.715. The summed E-state index contributed by atoms with van der Waals surface area (Å²) in [6.45, 7) is 9.04. The molecule has 8 heteroatoms. The van der Waals surface area contributed by atoms with E-state index in [-0.39, 0.29) is 24.6 Å². The molecule has 3 rings (SSSR count). The summed E-state index contributed by atoms with van der Waals surface area (Å²) in [6.07, 6.45) is 0.953. The van der Waals surface area contributed by atoms with Crippen molar-refractivity contribution >= 4 is 17.5 Å². The molecule has 0 bridgehead atoms. The highest BCUT2D eigenvalue weighted by Gasteiger charge is 2.32. The molecule has 0 aliphatic carbocycles. The van der Waals surface area contributed by atoms with Crippen molar-refractivity contribution in [1.82, 2.24) is 5.32 Å². The lowest BCUT2D eigenvalue weighted by molar-refractivity contribution is -1.01. The van der Waals surface area contributed by atoms with E-state index in [1.54, 1.807) is 12.1 Å². The minimum atomic E-state index is -0.147. The van der Waals surface area contributed by atoms with Gasteiger partial charge in [0.25, 0.3) is 11.8 Å². The second-order valence-electron chi connectivity index (χ2n) is 7.21. The molecule has 2 aliphatic heterocycles. The van der Waals surface area contributed by atoms with Crippen LogP contribution in [-0.4, -0.2) is 63.9 Å². The first-order valence-corrected chi connectivity index (χ1v) is 9.72. The molecule has 1 aromatic rings. The molecule has 0 unspecified atom stereocenters. The van der Waals surface area contributed by atoms with Crippen LogP contribution in [0.5, 0.6) is 11.5 Å². The molecular formula is C19H30N4O4+2. The summed E-state index contributed by atoms with van der Waals surface area (Å²) in [6, 6.07) is 5.27. The zero-order chi connectivity index (χ0) is 19.2. The van der Waals surface area contributed by atoms with Gasteiger partial charge in [-0.05, 0) is 25.5 Å². The van der Waals surface area contributed by atoms with Gasteiger partial charge in [-0.2, -0.15) is 0 Å². The Morgan fingerprint density at radius 1 is 1.15 bits per heavy atom. The quantitative estimate of drug-likeness (QED) is 0.445. The Balaban J connectivity index is 1.45. The highest BCUT2D eigenvalue weighted by Crippen LogP contribution is 2.34. The van der Waals surface area contributed by atoms with E-state index in [9.17, 15) is 9.59 Å². The SMILES string of the molecule is CCCNC(=O)C[NH+]1CC[NH+]([C@@H](C)C(=O)Nc2ccc3c(c2)OCO3)CC1. The summed E-state index contributed by atoms with van der Waals surface area (Å²) < 4.78 is 10.6. The van der Waals surface area contributed by atoms with Crippen molar-refractivity contribution in [1.29, 1.82) is 0 Å². The van der Waals surface area contributed by atoms with Crippen molar-refractivity contribution in [2.45, 2.75) is 26.3 Å². The lowest BCUT2D eigenvalue weighted by atomic mass is 10.2. The lowest BCUT2D eigenvalue weighted by Crippen LogP contribution is -3.30. The van der Waals surface area contributed by atoms with Crippen LogP contribution < -0.4 is 29.9 Å². The molecule has 1 fully saturated rings. The average Bonchev–Trinajstić information content (AvgIpc) is 3.14. The minimum Gasteiger partial charge on any atom is -0.454 e. The van der Waals surface area contributed by atoms with Crippen molar-refractivity contribution in [2.24, 2.45) is 0 Å². The third-order valence-electron chi connectivity index (χ3n) is 5.23. The standard InChI is InChI=1S/C19H28N4O4/c1-3-6-20-18(24)12-22-7-9-23(10-8-22)14(2)19(25)21-15-4-5-16-17(11-15)27-13-26-16/h4-5,11,14H,3,6-10,12-13H2,1-2H3,(H,20,24)(H,21,25)/p+2/t14-/m0/s1. The molecule has 27 heavy (non-hydrogen) atoms. The number of amides is 2. The van der Waals surface area contributed by atoms with Crippen molar-refractivity contribution in [3.8, 4) is 11.5 Å². The van der Waals surface area contributed by atoms with Crippen LogP contribution in [0.25, 0.3) is 0 Å². The number of hydrogen-bond donors (Lipinski definition) is 4. The van der Waals surface area contributed by atoms with Gasteiger partial charge in [-0.15, -0.1) is 0 Å². The molecule has 1 atom stereocenters. The molecule has 148 valence electrons. The number of rotatable bonds is 7. The van der Waals surface area contributed by atoms with E-state index in [0.29, 0.717) is 23.7 Å². The van der Waals surface area contributed by atoms with Crippen molar-refractivity contribution in [3.05, 3.63) is 18.2 Å². The molecule has 8 nitrogen and oxygen atoms in total. The van der Waals surface area contributed by atoms with Crippen LogP contribution >= 0.6 is 0 Å². The number of carbonyl (C=O) groups is 2. The van der Waals surface area contributed by atoms with Gasteiger partial charge in [0.15, 0.2) is 24.1 Å². The van der Waals surface area contributed by atoms with Gasteiger partial charge in [-0.3, -0.25) is 9.59 Å².